The zero-order valence-electron chi connectivity index (χ0n) is 13.0. The number of ketones is 1. The van der Waals surface area contributed by atoms with Crippen molar-refractivity contribution < 1.29 is 23.8 Å². The van der Waals surface area contributed by atoms with Crippen LogP contribution in [0.25, 0.3) is 0 Å². The average molecular weight is 369 g/mol. The van der Waals surface area contributed by atoms with Crippen molar-refractivity contribution in [1.29, 1.82) is 0 Å². The van der Waals surface area contributed by atoms with Crippen LogP contribution in [0.4, 0.5) is 0 Å². The monoisotopic (exact) mass is 368 g/mol. The number of halogens is 2. The number of esters is 1. The molecule has 126 valence electrons. The Morgan fingerprint density at radius 3 is 2.04 bits per heavy atom. The molecule has 2 aromatic carbocycles. The second kappa shape index (κ2) is 8.04. The first-order chi connectivity index (χ1) is 11.4. The van der Waals surface area contributed by atoms with E-state index in [0.717, 1.165) is 0 Å². The summed E-state index contributed by atoms with van der Waals surface area (Å²) < 4.78 is 15.2. The van der Waals surface area contributed by atoms with E-state index in [2.05, 4.69) is 0 Å². The van der Waals surface area contributed by atoms with Crippen molar-refractivity contribution in [2.45, 2.75) is 0 Å². The first-order valence-electron chi connectivity index (χ1n) is 6.83. The third kappa shape index (κ3) is 4.40. The molecule has 0 heterocycles. The van der Waals surface area contributed by atoms with Crippen molar-refractivity contribution in [3.63, 3.8) is 0 Å². The number of ether oxygens (including phenoxy) is 3. The molecule has 0 saturated carbocycles. The molecule has 0 aliphatic carbocycles. The van der Waals surface area contributed by atoms with Gasteiger partial charge in [0.05, 0.1) is 29.8 Å². The highest BCUT2D eigenvalue weighted by atomic mass is 35.5. The Morgan fingerprint density at radius 2 is 1.50 bits per heavy atom. The normalized spacial score (nSPS) is 10.2. The van der Waals surface area contributed by atoms with Gasteiger partial charge in [-0.15, -0.1) is 0 Å². The second-order valence-electron chi connectivity index (χ2n) is 4.73. The lowest BCUT2D eigenvalue weighted by atomic mass is 10.1. The van der Waals surface area contributed by atoms with Crippen LogP contribution in [0.2, 0.25) is 10.0 Å². The van der Waals surface area contributed by atoms with E-state index in [9.17, 15) is 9.59 Å². The second-order valence-corrected chi connectivity index (χ2v) is 5.54. The molecule has 2 rings (SSSR count). The minimum Gasteiger partial charge on any atom is -0.497 e. The summed E-state index contributed by atoms with van der Waals surface area (Å²) in [6, 6.07) is 9.06. The SMILES string of the molecule is COc1cc(OC)cc(C(=O)OCC(=O)c2ccc(Cl)c(Cl)c2)c1. The summed E-state index contributed by atoms with van der Waals surface area (Å²) >= 11 is 11.7. The first-order valence-corrected chi connectivity index (χ1v) is 7.58. The van der Waals surface area contributed by atoms with E-state index in [1.54, 1.807) is 6.07 Å². The zero-order valence-corrected chi connectivity index (χ0v) is 14.5. The fourth-order valence-electron chi connectivity index (χ4n) is 1.89. The van der Waals surface area contributed by atoms with Crippen molar-refractivity contribution in [2.24, 2.45) is 0 Å². The van der Waals surface area contributed by atoms with Gasteiger partial charge in [-0.2, -0.15) is 0 Å². The molecule has 5 nitrogen and oxygen atoms in total. The number of rotatable bonds is 6. The average Bonchev–Trinajstić information content (AvgIpc) is 2.60. The molecule has 0 aliphatic rings. The summed E-state index contributed by atoms with van der Waals surface area (Å²) in [6.07, 6.45) is 0. The Hall–Kier alpha value is -2.24. The number of carbonyl (C=O) groups is 2. The first kappa shape index (κ1) is 18.1. The van der Waals surface area contributed by atoms with Gasteiger partial charge in [-0.3, -0.25) is 4.79 Å². The van der Waals surface area contributed by atoms with Gasteiger partial charge in [0.1, 0.15) is 11.5 Å². The summed E-state index contributed by atoms with van der Waals surface area (Å²) in [6.45, 7) is -0.420. The van der Waals surface area contributed by atoms with Gasteiger partial charge in [-0.25, -0.2) is 4.79 Å². The van der Waals surface area contributed by atoms with Crippen molar-refractivity contribution in [3.8, 4) is 11.5 Å². The third-order valence-electron chi connectivity index (χ3n) is 3.16. The van der Waals surface area contributed by atoms with Gasteiger partial charge < -0.3 is 14.2 Å². The van der Waals surface area contributed by atoms with Gasteiger partial charge in [-0.05, 0) is 30.3 Å². The Bertz CT molecular complexity index is 751. The molecule has 0 unspecified atom stereocenters. The van der Waals surface area contributed by atoms with Crippen molar-refractivity contribution >= 4 is 35.0 Å². The van der Waals surface area contributed by atoms with Crippen LogP contribution in [0.3, 0.4) is 0 Å². The lowest BCUT2D eigenvalue weighted by Crippen LogP contribution is -2.14. The summed E-state index contributed by atoms with van der Waals surface area (Å²) in [5.41, 5.74) is 0.522. The lowest BCUT2D eigenvalue weighted by Gasteiger charge is -2.09. The van der Waals surface area contributed by atoms with Crippen LogP contribution in [-0.4, -0.2) is 32.6 Å². The summed E-state index contributed by atoms with van der Waals surface area (Å²) in [5, 5.41) is 0.597. The molecule has 0 spiro atoms. The van der Waals surface area contributed by atoms with Crippen LogP contribution in [0.1, 0.15) is 20.7 Å². The number of methoxy groups -OCH3 is 2. The molecule has 0 saturated heterocycles. The molecule has 7 heteroatoms. The Labute approximate surface area is 149 Å². The van der Waals surface area contributed by atoms with Gasteiger partial charge >= 0.3 is 5.97 Å². The fraction of sp³-hybridized carbons (Fsp3) is 0.176. The molecule has 0 aliphatic heterocycles. The van der Waals surface area contributed by atoms with Gasteiger partial charge in [0, 0.05) is 11.6 Å². The fourth-order valence-corrected chi connectivity index (χ4v) is 2.19. The van der Waals surface area contributed by atoms with Crippen molar-refractivity contribution in [3.05, 3.63) is 57.6 Å². The number of hydrogen-bond acceptors (Lipinski definition) is 5. The Kier molecular flexibility index (Phi) is 6.06. The number of benzene rings is 2. The van der Waals surface area contributed by atoms with Crippen LogP contribution < -0.4 is 9.47 Å². The summed E-state index contributed by atoms with van der Waals surface area (Å²) in [4.78, 5) is 24.2. The predicted molar refractivity (Wildman–Crippen MR) is 90.6 cm³/mol. The summed E-state index contributed by atoms with van der Waals surface area (Å²) in [5.74, 6) is -0.174. The molecular weight excluding hydrogens is 355 g/mol. The molecule has 0 N–H and O–H groups in total. The van der Waals surface area contributed by atoms with E-state index in [1.165, 1.54) is 44.6 Å². The van der Waals surface area contributed by atoms with Crippen LogP contribution in [0.5, 0.6) is 11.5 Å². The molecule has 2 aromatic rings. The highest BCUT2D eigenvalue weighted by Crippen LogP contribution is 2.24. The van der Waals surface area contributed by atoms with Gasteiger partial charge in [0.15, 0.2) is 12.4 Å². The minimum atomic E-state index is -0.666. The number of carbonyl (C=O) groups excluding carboxylic acids is 2. The van der Waals surface area contributed by atoms with Crippen LogP contribution in [0, 0.1) is 0 Å². The molecule has 24 heavy (non-hydrogen) atoms. The molecule has 0 radical (unpaired) electrons. The number of hydrogen-bond donors (Lipinski definition) is 0. The van der Waals surface area contributed by atoms with E-state index in [-0.39, 0.29) is 10.6 Å². The van der Waals surface area contributed by atoms with Crippen molar-refractivity contribution in [1.82, 2.24) is 0 Å². The van der Waals surface area contributed by atoms with Crippen LogP contribution >= 0.6 is 23.2 Å². The maximum atomic E-state index is 12.1. The molecule has 0 amide bonds. The predicted octanol–water partition coefficient (Wildman–Crippen LogP) is 4.05. The van der Waals surface area contributed by atoms with Gasteiger partial charge in [-0.1, -0.05) is 23.2 Å². The zero-order chi connectivity index (χ0) is 17.7. The standard InChI is InChI=1S/C17H14Cl2O5/c1-22-12-5-11(6-13(8-12)23-2)17(21)24-9-16(20)10-3-4-14(18)15(19)7-10/h3-8H,9H2,1-2H3. The quantitative estimate of drug-likeness (QED) is 0.568. The van der Waals surface area contributed by atoms with E-state index >= 15 is 0 Å². The highest BCUT2D eigenvalue weighted by Gasteiger charge is 2.15. The van der Waals surface area contributed by atoms with Crippen LogP contribution in [0.15, 0.2) is 36.4 Å². The number of Topliss-reactive ketones (excluding diaryl/α,β-unsaturated/α-hetero) is 1. The highest BCUT2D eigenvalue weighted by molar-refractivity contribution is 6.42. The van der Waals surface area contributed by atoms with Crippen LogP contribution in [-0.2, 0) is 4.74 Å². The van der Waals surface area contributed by atoms with E-state index < -0.39 is 18.4 Å². The molecule has 0 aromatic heterocycles. The maximum Gasteiger partial charge on any atom is 0.338 e. The maximum absolute atomic E-state index is 12.1. The van der Waals surface area contributed by atoms with Gasteiger partial charge in [0.25, 0.3) is 0 Å². The third-order valence-corrected chi connectivity index (χ3v) is 3.90. The smallest absolute Gasteiger partial charge is 0.338 e. The molecule has 0 atom stereocenters. The minimum absolute atomic E-state index is 0.216. The van der Waals surface area contributed by atoms with Gasteiger partial charge in [0.2, 0.25) is 0 Å². The van der Waals surface area contributed by atoms with E-state index in [4.69, 9.17) is 37.4 Å². The Balaban J connectivity index is 2.07. The van der Waals surface area contributed by atoms with E-state index in [1.807, 2.05) is 0 Å². The largest absolute Gasteiger partial charge is 0.497 e. The van der Waals surface area contributed by atoms with E-state index in [0.29, 0.717) is 22.1 Å². The molecular formula is C17H14Cl2O5. The summed E-state index contributed by atoms with van der Waals surface area (Å²) in [7, 11) is 2.94. The topological polar surface area (TPSA) is 61.8 Å². The molecule has 0 fully saturated rings. The Morgan fingerprint density at radius 1 is 0.875 bits per heavy atom. The molecule has 0 bridgehead atoms. The van der Waals surface area contributed by atoms with Crippen molar-refractivity contribution in [2.75, 3.05) is 20.8 Å². The lowest BCUT2D eigenvalue weighted by molar-refractivity contribution is 0.0474.